The molecular weight excluding hydrogens is 291 g/mol. The van der Waals surface area contributed by atoms with Crippen LogP contribution in [0.1, 0.15) is 24.0 Å². The van der Waals surface area contributed by atoms with Gasteiger partial charge in [-0.3, -0.25) is 0 Å². The molecule has 0 aliphatic carbocycles. The smallest absolute Gasteiger partial charge is 0.381 e. The second-order valence-electron chi connectivity index (χ2n) is 5.08. The van der Waals surface area contributed by atoms with E-state index in [4.69, 9.17) is 16.3 Å². The van der Waals surface area contributed by atoms with Gasteiger partial charge in [0, 0.05) is 31.2 Å². The summed E-state index contributed by atoms with van der Waals surface area (Å²) in [4.78, 5) is 0. The Hall–Kier alpha value is -0.780. The predicted octanol–water partition coefficient (Wildman–Crippen LogP) is 3.58. The third-order valence-electron chi connectivity index (χ3n) is 3.63. The summed E-state index contributed by atoms with van der Waals surface area (Å²) in [5.74, 6) is 0.426. The Balaban J connectivity index is 2.03. The van der Waals surface area contributed by atoms with Crippen molar-refractivity contribution < 1.29 is 17.9 Å². The minimum Gasteiger partial charge on any atom is -0.381 e. The standard InChI is InChI=1S/C14H17ClF3NO/c15-10-13(4-6-20-7-5-13)19-9-11-2-1-3-12(8-11)14(16,17)18/h1-3,8,19H,4-7,9-10H2. The van der Waals surface area contributed by atoms with Crippen molar-refractivity contribution in [3.8, 4) is 0 Å². The largest absolute Gasteiger partial charge is 0.416 e. The molecule has 0 amide bonds. The average molecular weight is 308 g/mol. The van der Waals surface area contributed by atoms with Gasteiger partial charge in [0.25, 0.3) is 0 Å². The van der Waals surface area contributed by atoms with Crippen LogP contribution in [0.3, 0.4) is 0 Å². The molecule has 0 atom stereocenters. The van der Waals surface area contributed by atoms with Crippen LogP contribution in [0.5, 0.6) is 0 Å². The first kappa shape index (κ1) is 15.6. The zero-order chi connectivity index (χ0) is 14.6. The van der Waals surface area contributed by atoms with Gasteiger partial charge in [-0.05, 0) is 24.5 Å². The van der Waals surface area contributed by atoms with Crippen molar-refractivity contribution in [3.63, 3.8) is 0 Å². The molecule has 0 saturated carbocycles. The molecule has 1 saturated heterocycles. The molecule has 1 fully saturated rings. The molecule has 112 valence electrons. The van der Waals surface area contributed by atoms with Gasteiger partial charge in [0.15, 0.2) is 0 Å². The third-order valence-corrected chi connectivity index (χ3v) is 4.14. The maximum absolute atomic E-state index is 12.6. The van der Waals surface area contributed by atoms with Gasteiger partial charge in [0.2, 0.25) is 0 Å². The molecule has 1 aromatic rings. The lowest BCUT2D eigenvalue weighted by Crippen LogP contribution is -2.50. The van der Waals surface area contributed by atoms with Gasteiger partial charge in [-0.15, -0.1) is 11.6 Å². The van der Waals surface area contributed by atoms with Crippen molar-refractivity contribution in [2.24, 2.45) is 0 Å². The Kier molecular flexibility index (Phi) is 4.94. The van der Waals surface area contributed by atoms with Crippen LogP contribution in [-0.2, 0) is 17.5 Å². The van der Waals surface area contributed by atoms with E-state index < -0.39 is 11.7 Å². The van der Waals surface area contributed by atoms with Gasteiger partial charge in [-0.1, -0.05) is 18.2 Å². The fourth-order valence-electron chi connectivity index (χ4n) is 2.27. The molecule has 20 heavy (non-hydrogen) atoms. The van der Waals surface area contributed by atoms with Crippen LogP contribution in [0.15, 0.2) is 24.3 Å². The summed E-state index contributed by atoms with van der Waals surface area (Å²) < 4.78 is 43.2. The molecule has 0 unspecified atom stereocenters. The highest BCUT2D eigenvalue weighted by Crippen LogP contribution is 2.30. The Labute approximate surface area is 121 Å². The van der Waals surface area contributed by atoms with E-state index in [0.717, 1.165) is 18.9 Å². The number of rotatable bonds is 4. The van der Waals surface area contributed by atoms with E-state index in [0.29, 0.717) is 31.2 Å². The highest BCUT2D eigenvalue weighted by atomic mass is 35.5. The van der Waals surface area contributed by atoms with Gasteiger partial charge < -0.3 is 10.1 Å². The molecule has 6 heteroatoms. The summed E-state index contributed by atoms with van der Waals surface area (Å²) >= 11 is 6.01. The fraction of sp³-hybridized carbons (Fsp3) is 0.571. The lowest BCUT2D eigenvalue weighted by Gasteiger charge is -2.36. The number of halogens is 4. The summed E-state index contributed by atoms with van der Waals surface area (Å²) in [5.41, 5.74) is -0.256. The maximum atomic E-state index is 12.6. The Morgan fingerprint density at radius 1 is 1.25 bits per heavy atom. The number of benzene rings is 1. The molecule has 0 bridgehead atoms. The predicted molar refractivity (Wildman–Crippen MR) is 71.8 cm³/mol. The highest BCUT2D eigenvalue weighted by molar-refractivity contribution is 6.18. The number of ether oxygens (including phenoxy) is 1. The van der Waals surface area contributed by atoms with Crippen LogP contribution >= 0.6 is 11.6 Å². The molecule has 2 nitrogen and oxygen atoms in total. The zero-order valence-corrected chi connectivity index (χ0v) is 11.7. The average Bonchev–Trinajstić information content (AvgIpc) is 2.46. The van der Waals surface area contributed by atoms with Crippen LogP contribution in [0.4, 0.5) is 13.2 Å². The van der Waals surface area contributed by atoms with Crippen molar-refractivity contribution >= 4 is 11.6 Å². The second kappa shape index (κ2) is 6.33. The normalized spacial score (nSPS) is 19.0. The number of hydrogen-bond donors (Lipinski definition) is 1. The van der Waals surface area contributed by atoms with Crippen LogP contribution in [0.2, 0.25) is 0 Å². The highest BCUT2D eigenvalue weighted by Gasteiger charge is 2.32. The number of alkyl halides is 4. The van der Waals surface area contributed by atoms with Crippen LogP contribution in [-0.4, -0.2) is 24.6 Å². The second-order valence-corrected chi connectivity index (χ2v) is 5.35. The molecule has 1 aliphatic heterocycles. The monoisotopic (exact) mass is 307 g/mol. The molecule has 0 spiro atoms. The van der Waals surface area contributed by atoms with E-state index in [1.165, 1.54) is 12.1 Å². The van der Waals surface area contributed by atoms with Gasteiger partial charge in [-0.2, -0.15) is 13.2 Å². The number of hydrogen-bond acceptors (Lipinski definition) is 2. The Morgan fingerprint density at radius 2 is 1.95 bits per heavy atom. The quantitative estimate of drug-likeness (QED) is 0.859. The van der Waals surface area contributed by atoms with Crippen molar-refractivity contribution in [1.82, 2.24) is 5.32 Å². The van der Waals surface area contributed by atoms with E-state index in [2.05, 4.69) is 5.32 Å². The van der Waals surface area contributed by atoms with Gasteiger partial charge >= 0.3 is 6.18 Å². The Bertz CT molecular complexity index is 444. The molecule has 1 heterocycles. The summed E-state index contributed by atoms with van der Waals surface area (Å²) in [6.07, 6.45) is -2.76. The van der Waals surface area contributed by atoms with Crippen LogP contribution < -0.4 is 5.32 Å². The summed E-state index contributed by atoms with van der Waals surface area (Å²) in [6, 6.07) is 5.37. The maximum Gasteiger partial charge on any atom is 0.416 e. The van der Waals surface area contributed by atoms with Crippen LogP contribution in [0.25, 0.3) is 0 Å². The minimum absolute atomic E-state index is 0.242. The molecule has 0 aromatic heterocycles. The third kappa shape index (κ3) is 3.87. The van der Waals surface area contributed by atoms with E-state index in [9.17, 15) is 13.2 Å². The first-order valence-corrected chi connectivity index (χ1v) is 7.04. The van der Waals surface area contributed by atoms with Crippen molar-refractivity contribution in [1.29, 1.82) is 0 Å². The first-order valence-electron chi connectivity index (χ1n) is 6.50. The molecule has 2 rings (SSSR count). The van der Waals surface area contributed by atoms with Crippen LogP contribution in [0, 0.1) is 0 Å². The van der Waals surface area contributed by atoms with Crippen molar-refractivity contribution in [3.05, 3.63) is 35.4 Å². The number of nitrogens with one attached hydrogen (secondary N) is 1. The topological polar surface area (TPSA) is 21.3 Å². The first-order chi connectivity index (χ1) is 9.45. The molecule has 1 N–H and O–H groups in total. The lowest BCUT2D eigenvalue weighted by molar-refractivity contribution is -0.137. The molecule has 0 radical (unpaired) electrons. The van der Waals surface area contributed by atoms with E-state index >= 15 is 0 Å². The lowest BCUT2D eigenvalue weighted by atomic mass is 9.92. The zero-order valence-electron chi connectivity index (χ0n) is 11.0. The SMILES string of the molecule is FC(F)(F)c1cccc(CNC2(CCl)CCOCC2)c1. The van der Waals surface area contributed by atoms with Crippen molar-refractivity contribution in [2.75, 3.05) is 19.1 Å². The van der Waals surface area contributed by atoms with Gasteiger partial charge in [0.05, 0.1) is 5.56 Å². The summed E-state index contributed by atoms with van der Waals surface area (Å²) in [6.45, 7) is 1.63. The van der Waals surface area contributed by atoms with Crippen molar-refractivity contribution in [2.45, 2.75) is 31.1 Å². The molecular formula is C14H17ClF3NO. The summed E-state index contributed by atoms with van der Waals surface area (Å²) in [7, 11) is 0. The molecule has 1 aromatic carbocycles. The van der Waals surface area contributed by atoms with Gasteiger partial charge in [0.1, 0.15) is 0 Å². The Morgan fingerprint density at radius 3 is 2.55 bits per heavy atom. The van der Waals surface area contributed by atoms with E-state index in [1.807, 2.05) is 0 Å². The van der Waals surface area contributed by atoms with E-state index in [1.54, 1.807) is 6.07 Å². The summed E-state index contributed by atoms with van der Waals surface area (Å²) in [5, 5.41) is 3.30. The molecule has 1 aliphatic rings. The fourth-order valence-corrected chi connectivity index (χ4v) is 2.63. The minimum atomic E-state index is -4.31. The van der Waals surface area contributed by atoms with Gasteiger partial charge in [-0.25, -0.2) is 0 Å². The van der Waals surface area contributed by atoms with E-state index in [-0.39, 0.29) is 5.54 Å².